The number of carbonyl (C=O) groups is 1. The molecule has 2 fully saturated rings. The van der Waals surface area contributed by atoms with E-state index in [2.05, 4.69) is 18.3 Å². The average molecular weight is 292 g/mol. The Morgan fingerprint density at radius 1 is 1.38 bits per heavy atom. The second kappa shape index (κ2) is 6.62. The minimum atomic E-state index is 0.206. The summed E-state index contributed by atoms with van der Waals surface area (Å²) >= 11 is 0. The monoisotopic (exact) mass is 292 g/mol. The van der Waals surface area contributed by atoms with E-state index < -0.39 is 0 Å². The van der Waals surface area contributed by atoms with Gasteiger partial charge in [-0.1, -0.05) is 6.92 Å². The molecule has 2 aliphatic rings. The van der Waals surface area contributed by atoms with Crippen LogP contribution in [0.15, 0.2) is 16.5 Å². The molecule has 1 aliphatic carbocycles. The molecular formula is C16H24N2O3. The number of furan rings is 1. The highest BCUT2D eigenvalue weighted by molar-refractivity contribution is 5.76. The third kappa shape index (κ3) is 3.86. The van der Waals surface area contributed by atoms with Crippen molar-refractivity contribution in [2.45, 2.75) is 32.2 Å². The molecule has 1 aromatic heterocycles. The van der Waals surface area contributed by atoms with Crippen LogP contribution in [0.25, 0.3) is 0 Å². The van der Waals surface area contributed by atoms with Crippen molar-refractivity contribution in [3.63, 3.8) is 0 Å². The summed E-state index contributed by atoms with van der Waals surface area (Å²) in [6.07, 6.45) is 1.78. The highest BCUT2D eigenvalue weighted by atomic mass is 16.5. The lowest BCUT2D eigenvalue weighted by atomic mass is 10.3. The first kappa shape index (κ1) is 14.6. The van der Waals surface area contributed by atoms with Gasteiger partial charge in [-0.05, 0) is 24.5 Å². The van der Waals surface area contributed by atoms with Gasteiger partial charge in [0.25, 0.3) is 0 Å². The maximum atomic E-state index is 12.0. The number of carbonyl (C=O) groups excluding carboxylic acids is 1. The largest absolute Gasteiger partial charge is 0.464 e. The molecule has 0 radical (unpaired) electrons. The van der Waals surface area contributed by atoms with E-state index in [9.17, 15) is 4.79 Å². The van der Waals surface area contributed by atoms with E-state index in [1.807, 2.05) is 11.0 Å². The molecule has 1 amide bonds. The maximum absolute atomic E-state index is 12.0. The fourth-order valence-electron chi connectivity index (χ4n) is 2.79. The molecule has 1 saturated carbocycles. The van der Waals surface area contributed by atoms with Gasteiger partial charge >= 0.3 is 0 Å². The van der Waals surface area contributed by atoms with Crippen LogP contribution in [0.3, 0.4) is 0 Å². The van der Waals surface area contributed by atoms with Crippen LogP contribution in [0.5, 0.6) is 0 Å². The molecule has 0 aromatic carbocycles. The molecule has 5 heteroatoms. The summed E-state index contributed by atoms with van der Waals surface area (Å²) in [6.45, 7) is 6.40. The van der Waals surface area contributed by atoms with Gasteiger partial charge in [0, 0.05) is 32.0 Å². The predicted molar refractivity (Wildman–Crippen MR) is 79.0 cm³/mol. The van der Waals surface area contributed by atoms with Crippen molar-refractivity contribution in [3.8, 4) is 0 Å². The molecule has 116 valence electrons. The molecule has 1 N–H and O–H groups in total. The van der Waals surface area contributed by atoms with E-state index in [1.165, 1.54) is 6.42 Å². The topological polar surface area (TPSA) is 54.7 Å². The Bertz CT molecular complexity index is 480. The summed E-state index contributed by atoms with van der Waals surface area (Å²) < 4.78 is 11.1. The van der Waals surface area contributed by atoms with Crippen LogP contribution in [0.4, 0.5) is 0 Å². The van der Waals surface area contributed by atoms with E-state index in [4.69, 9.17) is 9.15 Å². The van der Waals surface area contributed by atoms with Crippen molar-refractivity contribution in [3.05, 3.63) is 23.7 Å². The molecule has 3 rings (SSSR count). The Balaban J connectivity index is 1.34. The molecule has 2 heterocycles. The second-order valence-corrected chi connectivity index (χ2v) is 6.04. The van der Waals surface area contributed by atoms with Crippen LogP contribution in [-0.2, 0) is 16.1 Å². The minimum Gasteiger partial charge on any atom is -0.464 e. The number of hydrogen-bond acceptors (Lipinski definition) is 4. The number of hydrogen-bond donors (Lipinski definition) is 1. The highest BCUT2D eigenvalue weighted by Gasteiger charge is 2.36. The molecule has 5 nitrogen and oxygen atoms in total. The lowest BCUT2D eigenvalue weighted by Gasteiger charge is -2.26. The van der Waals surface area contributed by atoms with Crippen LogP contribution in [-0.4, -0.2) is 43.7 Å². The van der Waals surface area contributed by atoms with Crippen LogP contribution in [0.2, 0.25) is 0 Å². The third-order valence-electron chi connectivity index (χ3n) is 4.34. The van der Waals surface area contributed by atoms with Crippen LogP contribution in [0, 0.1) is 5.92 Å². The summed E-state index contributed by atoms with van der Waals surface area (Å²) in [5.74, 6) is 3.68. The van der Waals surface area contributed by atoms with Crippen molar-refractivity contribution >= 4 is 5.91 Å². The summed E-state index contributed by atoms with van der Waals surface area (Å²) in [5, 5.41) is 3.28. The third-order valence-corrected chi connectivity index (χ3v) is 4.34. The van der Waals surface area contributed by atoms with E-state index >= 15 is 0 Å². The Labute approximate surface area is 125 Å². The zero-order chi connectivity index (χ0) is 14.7. The van der Waals surface area contributed by atoms with Gasteiger partial charge in [0.1, 0.15) is 11.5 Å². The van der Waals surface area contributed by atoms with Crippen LogP contribution in [0.1, 0.15) is 37.2 Å². The molecule has 2 atom stereocenters. The van der Waals surface area contributed by atoms with Crippen LogP contribution >= 0.6 is 0 Å². The van der Waals surface area contributed by atoms with Gasteiger partial charge in [-0.25, -0.2) is 0 Å². The van der Waals surface area contributed by atoms with Gasteiger partial charge in [-0.15, -0.1) is 0 Å². The molecule has 0 spiro atoms. The van der Waals surface area contributed by atoms with Gasteiger partial charge in [0.15, 0.2) is 0 Å². The SMILES string of the molecule is CC1CC1c1ccc(CNCCC(=O)N2CCOCC2)o1. The van der Waals surface area contributed by atoms with Crippen molar-refractivity contribution in [1.29, 1.82) is 0 Å². The number of ether oxygens (including phenoxy) is 1. The normalized spacial score (nSPS) is 25.1. The fraction of sp³-hybridized carbons (Fsp3) is 0.688. The van der Waals surface area contributed by atoms with E-state index in [1.54, 1.807) is 0 Å². The van der Waals surface area contributed by atoms with Crippen molar-refractivity contribution < 1.29 is 13.9 Å². The summed E-state index contributed by atoms with van der Waals surface area (Å²) in [4.78, 5) is 13.8. The molecular weight excluding hydrogens is 268 g/mol. The van der Waals surface area contributed by atoms with Crippen LogP contribution < -0.4 is 5.32 Å². The second-order valence-electron chi connectivity index (χ2n) is 6.04. The number of nitrogens with one attached hydrogen (secondary N) is 1. The number of rotatable bonds is 6. The number of morpholine rings is 1. The molecule has 2 unspecified atom stereocenters. The molecule has 1 aliphatic heterocycles. The Kier molecular flexibility index (Phi) is 4.60. The standard InChI is InChI=1S/C16H24N2O3/c1-12-10-14(12)15-3-2-13(21-15)11-17-5-4-16(19)18-6-8-20-9-7-18/h2-3,12,14,17H,4-11H2,1H3. The first-order chi connectivity index (χ1) is 10.2. The van der Waals surface area contributed by atoms with Gasteiger partial charge in [0.05, 0.1) is 19.8 Å². The maximum Gasteiger partial charge on any atom is 0.224 e. The summed E-state index contributed by atoms with van der Waals surface area (Å²) in [5.41, 5.74) is 0. The first-order valence-electron chi connectivity index (χ1n) is 7.89. The lowest BCUT2D eigenvalue weighted by Crippen LogP contribution is -2.41. The minimum absolute atomic E-state index is 0.206. The number of amides is 1. The molecule has 21 heavy (non-hydrogen) atoms. The van der Waals surface area contributed by atoms with Gasteiger partial charge in [-0.2, -0.15) is 0 Å². The van der Waals surface area contributed by atoms with E-state index in [0.29, 0.717) is 38.6 Å². The lowest BCUT2D eigenvalue weighted by molar-refractivity contribution is -0.135. The molecule has 1 aromatic rings. The van der Waals surface area contributed by atoms with Gasteiger partial charge in [-0.3, -0.25) is 4.79 Å². The van der Waals surface area contributed by atoms with Gasteiger partial charge in [0.2, 0.25) is 5.91 Å². The summed E-state index contributed by atoms with van der Waals surface area (Å²) in [6, 6.07) is 4.13. The average Bonchev–Trinajstić information content (AvgIpc) is 3.06. The Morgan fingerprint density at radius 2 is 2.14 bits per heavy atom. The van der Waals surface area contributed by atoms with Crippen molar-refractivity contribution in [2.75, 3.05) is 32.8 Å². The molecule has 0 bridgehead atoms. The quantitative estimate of drug-likeness (QED) is 0.812. The zero-order valence-corrected chi connectivity index (χ0v) is 12.6. The van der Waals surface area contributed by atoms with Gasteiger partial charge < -0.3 is 19.4 Å². The fourth-order valence-corrected chi connectivity index (χ4v) is 2.79. The van der Waals surface area contributed by atoms with Crippen molar-refractivity contribution in [2.24, 2.45) is 5.92 Å². The zero-order valence-electron chi connectivity index (χ0n) is 12.6. The summed E-state index contributed by atoms with van der Waals surface area (Å²) in [7, 11) is 0. The molecule has 1 saturated heterocycles. The Hall–Kier alpha value is -1.33. The first-order valence-corrected chi connectivity index (χ1v) is 7.89. The van der Waals surface area contributed by atoms with E-state index in [-0.39, 0.29) is 5.91 Å². The van der Waals surface area contributed by atoms with E-state index in [0.717, 1.165) is 30.5 Å². The highest BCUT2D eigenvalue weighted by Crippen LogP contribution is 2.47. The predicted octanol–water partition coefficient (Wildman–Crippen LogP) is 1.74. The Morgan fingerprint density at radius 3 is 2.86 bits per heavy atom. The number of nitrogens with zero attached hydrogens (tertiary/aromatic N) is 1. The van der Waals surface area contributed by atoms with Crippen molar-refractivity contribution in [1.82, 2.24) is 10.2 Å². The smallest absolute Gasteiger partial charge is 0.224 e.